The minimum absolute atomic E-state index is 0.195. The first kappa shape index (κ1) is 28.0. The van der Waals surface area contributed by atoms with Crippen molar-refractivity contribution in [2.45, 2.75) is 174 Å². The molecule has 0 atom stereocenters. The molecule has 0 amide bonds. The summed E-state index contributed by atoms with van der Waals surface area (Å²) in [5, 5.41) is 3.74. The number of hydrogen-bond donors (Lipinski definition) is 1. The monoisotopic (exact) mass is 423 g/mol. The van der Waals surface area contributed by atoms with E-state index < -0.39 is 0 Å². The molecule has 1 rings (SSSR count). The Kier molecular flexibility index (Phi) is 15.4. The number of ether oxygens (including phenoxy) is 1. The molecular formula is C28H57NO. The van der Waals surface area contributed by atoms with Gasteiger partial charge in [-0.2, -0.15) is 0 Å². The van der Waals surface area contributed by atoms with Gasteiger partial charge in [-0.3, -0.25) is 0 Å². The SMILES string of the molecule is CCCCCCCCCCCCCCCCCCCOC1CC(C)(C)NC(C)(C)C1. The maximum atomic E-state index is 6.24. The minimum atomic E-state index is 0.195. The van der Waals surface area contributed by atoms with Crippen LogP contribution in [0.25, 0.3) is 0 Å². The second kappa shape index (κ2) is 16.5. The Morgan fingerprint density at radius 3 is 1.27 bits per heavy atom. The van der Waals surface area contributed by atoms with Crippen LogP contribution in [0.1, 0.15) is 157 Å². The smallest absolute Gasteiger partial charge is 0.0609 e. The Balaban J connectivity index is 1.80. The van der Waals surface area contributed by atoms with E-state index in [0.717, 1.165) is 19.4 Å². The van der Waals surface area contributed by atoms with Crippen molar-refractivity contribution in [3.05, 3.63) is 0 Å². The highest BCUT2D eigenvalue weighted by molar-refractivity contribution is 4.97. The third-order valence-electron chi connectivity index (χ3n) is 6.75. The van der Waals surface area contributed by atoms with E-state index in [9.17, 15) is 0 Å². The first-order valence-corrected chi connectivity index (χ1v) is 13.8. The molecule has 0 radical (unpaired) electrons. The molecule has 0 bridgehead atoms. The molecule has 2 heteroatoms. The van der Waals surface area contributed by atoms with E-state index in [0.29, 0.717) is 6.10 Å². The summed E-state index contributed by atoms with van der Waals surface area (Å²) >= 11 is 0. The Hall–Kier alpha value is -0.0800. The molecule has 0 unspecified atom stereocenters. The summed E-state index contributed by atoms with van der Waals surface area (Å²) in [6.07, 6.45) is 27.0. The van der Waals surface area contributed by atoms with Gasteiger partial charge in [0.2, 0.25) is 0 Å². The summed E-state index contributed by atoms with van der Waals surface area (Å²) in [5.74, 6) is 0. The van der Waals surface area contributed by atoms with Crippen molar-refractivity contribution in [2.24, 2.45) is 0 Å². The quantitative estimate of drug-likeness (QED) is 0.209. The molecule has 1 aliphatic rings. The summed E-state index contributed by atoms with van der Waals surface area (Å²) in [6.45, 7) is 12.5. The molecular weight excluding hydrogens is 366 g/mol. The predicted octanol–water partition coefficient (Wildman–Crippen LogP) is 8.96. The average Bonchev–Trinajstić information content (AvgIpc) is 2.64. The van der Waals surface area contributed by atoms with Crippen LogP contribution in [0.5, 0.6) is 0 Å². The molecule has 1 fully saturated rings. The molecule has 0 aromatic carbocycles. The third-order valence-corrected chi connectivity index (χ3v) is 6.75. The van der Waals surface area contributed by atoms with E-state index >= 15 is 0 Å². The van der Waals surface area contributed by atoms with Gasteiger partial charge in [-0.05, 0) is 47.0 Å². The summed E-state index contributed by atoms with van der Waals surface area (Å²) in [5.41, 5.74) is 0.390. The van der Waals surface area contributed by atoms with Gasteiger partial charge in [0, 0.05) is 17.7 Å². The molecule has 1 saturated heterocycles. The maximum Gasteiger partial charge on any atom is 0.0609 e. The predicted molar refractivity (Wildman–Crippen MR) is 134 cm³/mol. The van der Waals surface area contributed by atoms with E-state index in [2.05, 4.69) is 39.9 Å². The van der Waals surface area contributed by atoms with E-state index in [1.54, 1.807) is 0 Å². The van der Waals surface area contributed by atoms with Crippen LogP contribution in [0.2, 0.25) is 0 Å². The van der Waals surface area contributed by atoms with Crippen molar-refractivity contribution in [1.29, 1.82) is 0 Å². The second-order valence-corrected chi connectivity index (χ2v) is 11.5. The Labute approximate surface area is 190 Å². The first-order chi connectivity index (χ1) is 14.3. The zero-order valence-electron chi connectivity index (χ0n) is 21.6. The van der Waals surface area contributed by atoms with Crippen LogP contribution in [0.3, 0.4) is 0 Å². The van der Waals surface area contributed by atoms with E-state index in [1.165, 1.54) is 109 Å². The standard InChI is InChI=1S/C28H57NO/c1-6-7-8-9-10-11-12-13-14-15-16-17-18-19-20-21-22-23-30-26-24-27(2,3)29-28(4,5)25-26/h26,29H,6-25H2,1-5H3. The molecule has 1 aliphatic heterocycles. The molecule has 30 heavy (non-hydrogen) atoms. The van der Waals surface area contributed by atoms with E-state index in [4.69, 9.17) is 4.74 Å². The lowest BCUT2D eigenvalue weighted by molar-refractivity contribution is -0.0228. The van der Waals surface area contributed by atoms with Gasteiger partial charge >= 0.3 is 0 Å². The fourth-order valence-electron chi connectivity index (χ4n) is 5.42. The van der Waals surface area contributed by atoms with Crippen molar-refractivity contribution >= 4 is 0 Å². The van der Waals surface area contributed by atoms with E-state index in [-0.39, 0.29) is 11.1 Å². The van der Waals surface area contributed by atoms with Crippen molar-refractivity contribution < 1.29 is 4.74 Å². The zero-order chi connectivity index (χ0) is 22.1. The number of nitrogens with one attached hydrogen (secondary N) is 1. The summed E-state index contributed by atoms with van der Waals surface area (Å²) < 4.78 is 6.24. The molecule has 0 spiro atoms. The second-order valence-electron chi connectivity index (χ2n) is 11.5. The number of unbranched alkanes of at least 4 members (excludes halogenated alkanes) is 16. The van der Waals surface area contributed by atoms with E-state index in [1.807, 2.05) is 0 Å². The highest BCUT2D eigenvalue weighted by atomic mass is 16.5. The molecule has 0 aliphatic carbocycles. The van der Waals surface area contributed by atoms with Gasteiger partial charge in [0.05, 0.1) is 6.10 Å². The summed E-state index contributed by atoms with van der Waals surface area (Å²) in [6, 6.07) is 0. The molecule has 2 nitrogen and oxygen atoms in total. The maximum absolute atomic E-state index is 6.24. The summed E-state index contributed by atoms with van der Waals surface area (Å²) in [4.78, 5) is 0. The van der Waals surface area contributed by atoms with Crippen LogP contribution >= 0.6 is 0 Å². The van der Waals surface area contributed by atoms with Crippen LogP contribution in [0.15, 0.2) is 0 Å². The molecule has 180 valence electrons. The summed E-state index contributed by atoms with van der Waals surface area (Å²) in [7, 11) is 0. The van der Waals surface area contributed by atoms with Gasteiger partial charge < -0.3 is 10.1 Å². The zero-order valence-corrected chi connectivity index (χ0v) is 21.6. The molecule has 0 saturated carbocycles. The topological polar surface area (TPSA) is 21.3 Å². The minimum Gasteiger partial charge on any atom is -0.378 e. The lowest BCUT2D eigenvalue weighted by atomic mass is 9.81. The highest BCUT2D eigenvalue weighted by Crippen LogP contribution is 2.30. The van der Waals surface area contributed by atoms with Crippen LogP contribution in [-0.2, 0) is 4.74 Å². The molecule has 0 aromatic rings. The lowest BCUT2D eigenvalue weighted by Crippen LogP contribution is -2.59. The van der Waals surface area contributed by atoms with Gasteiger partial charge in [-0.25, -0.2) is 0 Å². The number of hydrogen-bond acceptors (Lipinski definition) is 2. The highest BCUT2D eigenvalue weighted by Gasteiger charge is 2.37. The largest absolute Gasteiger partial charge is 0.378 e. The molecule has 0 aromatic heterocycles. The lowest BCUT2D eigenvalue weighted by Gasteiger charge is -2.46. The van der Waals surface area contributed by atoms with Gasteiger partial charge in [0.25, 0.3) is 0 Å². The van der Waals surface area contributed by atoms with Gasteiger partial charge in [-0.1, -0.05) is 110 Å². The fourth-order valence-corrected chi connectivity index (χ4v) is 5.42. The number of piperidine rings is 1. The normalized spacial score (nSPS) is 18.7. The Morgan fingerprint density at radius 2 is 0.900 bits per heavy atom. The first-order valence-electron chi connectivity index (χ1n) is 13.8. The molecule has 1 heterocycles. The van der Waals surface area contributed by atoms with Gasteiger partial charge in [0.15, 0.2) is 0 Å². The van der Waals surface area contributed by atoms with Crippen LogP contribution in [0, 0.1) is 0 Å². The average molecular weight is 424 g/mol. The molecule has 1 N–H and O–H groups in total. The fraction of sp³-hybridized carbons (Fsp3) is 1.00. The Morgan fingerprint density at radius 1 is 0.567 bits per heavy atom. The van der Waals surface area contributed by atoms with Gasteiger partial charge in [0.1, 0.15) is 0 Å². The van der Waals surface area contributed by atoms with Crippen LogP contribution < -0.4 is 5.32 Å². The Bertz CT molecular complexity index is 374. The third kappa shape index (κ3) is 15.7. The number of rotatable bonds is 19. The van der Waals surface area contributed by atoms with Crippen molar-refractivity contribution in [1.82, 2.24) is 5.32 Å². The van der Waals surface area contributed by atoms with Crippen molar-refractivity contribution in [3.63, 3.8) is 0 Å². The van der Waals surface area contributed by atoms with Gasteiger partial charge in [-0.15, -0.1) is 0 Å². The van der Waals surface area contributed by atoms with Crippen LogP contribution in [-0.4, -0.2) is 23.8 Å². The van der Waals surface area contributed by atoms with Crippen LogP contribution in [0.4, 0.5) is 0 Å². The van der Waals surface area contributed by atoms with Crippen molar-refractivity contribution in [3.8, 4) is 0 Å². The van der Waals surface area contributed by atoms with Crippen molar-refractivity contribution in [2.75, 3.05) is 6.61 Å².